The van der Waals surface area contributed by atoms with Crippen LogP contribution in [0, 0.1) is 6.92 Å². The molecule has 3 aromatic rings. The number of carbonyl (C=O) groups is 1. The molecular formula is C26H29N3O5S. The molecule has 0 saturated carbocycles. The number of nitrogens with zero attached hydrogens (tertiary/aromatic N) is 1. The summed E-state index contributed by atoms with van der Waals surface area (Å²) >= 11 is 0. The highest BCUT2D eigenvalue weighted by Gasteiger charge is 2.17. The number of aromatic nitrogens is 1. The number of methoxy groups -OCH3 is 1. The summed E-state index contributed by atoms with van der Waals surface area (Å²) in [6, 6.07) is 13.0. The quantitative estimate of drug-likeness (QED) is 0.406. The van der Waals surface area contributed by atoms with E-state index in [4.69, 9.17) is 9.15 Å². The average molecular weight is 496 g/mol. The molecule has 1 amide bonds. The molecule has 4 rings (SSSR count). The van der Waals surface area contributed by atoms with Gasteiger partial charge in [0.25, 0.3) is 10.0 Å². The molecule has 0 radical (unpaired) electrons. The van der Waals surface area contributed by atoms with Crippen LogP contribution in [0.1, 0.15) is 43.6 Å². The van der Waals surface area contributed by atoms with Crippen molar-refractivity contribution >= 4 is 21.6 Å². The third kappa shape index (κ3) is 6.30. The van der Waals surface area contributed by atoms with Crippen molar-refractivity contribution in [3.63, 3.8) is 0 Å². The summed E-state index contributed by atoms with van der Waals surface area (Å²) in [6.07, 6.45) is 6.94. The third-order valence-corrected chi connectivity index (χ3v) is 7.25. The Bertz CT molecular complexity index is 1330. The number of amides is 1. The first-order chi connectivity index (χ1) is 16.8. The molecule has 184 valence electrons. The zero-order valence-corrected chi connectivity index (χ0v) is 20.7. The predicted octanol–water partition coefficient (Wildman–Crippen LogP) is 4.97. The zero-order chi connectivity index (χ0) is 24.8. The molecule has 0 fully saturated rings. The van der Waals surface area contributed by atoms with Crippen LogP contribution >= 0.6 is 0 Å². The second-order valence-corrected chi connectivity index (χ2v) is 10.1. The number of ether oxygens (including phenoxy) is 1. The normalized spacial score (nSPS) is 13.7. The van der Waals surface area contributed by atoms with Gasteiger partial charge < -0.3 is 14.5 Å². The number of benzene rings is 2. The number of hydrogen-bond donors (Lipinski definition) is 2. The number of aryl methyl sites for hydroxylation is 1. The molecule has 8 nitrogen and oxygen atoms in total. The van der Waals surface area contributed by atoms with Gasteiger partial charge in [0.2, 0.25) is 11.8 Å². The number of sulfonamides is 1. The van der Waals surface area contributed by atoms with Gasteiger partial charge in [-0.05, 0) is 75.1 Å². The number of anilines is 1. The van der Waals surface area contributed by atoms with Gasteiger partial charge in [-0.3, -0.25) is 9.52 Å². The van der Waals surface area contributed by atoms with E-state index in [-0.39, 0.29) is 17.3 Å². The Kier molecular flexibility index (Phi) is 7.55. The molecule has 0 bridgehead atoms. The summed E-state index contributed by atoms with van der Waals surface area (Å²) < 4.78 is 39.0. The highest BCUT2D eigenvalue weighted by atomic mass is 32.2. The van der Waals surface area contributed by atoms with Crippen LogP contribution in [0.2, 0.25) is 0 Å². The molecule has 0 aliphatic heterocycles. The van der Waals surface area contributed by atoms with Gasteiger partial charge in [0.05, 0.1) is 18.6 Å². The van der Waals surface area contributed by atoms with E-state index in [0.29, 0.717) is 40.8 Å². The summed E-state index contributed by atoms with van der Waals surface area (Å²) in [7, 11) is -2.26. The van der Waals surface area contributed by atoms with Crippen molar-refractivity contribution < 1.29 is 22.4 Å². The van der Waals surface area contributed by atoms with E-state index < -0.39 is 10.0 Å². The lowest BCUT2D eigenvalue weighted by Gasteiger charge is -2.12. The lowest BCUT2D eigenvalue weighted by molar-refractivity contribution is -0.120. The van der Waals surface area contributed by atoms with Crippen molar-refractivity contribution in [2.75, 3.05) is 11.8 Å². The van der Waals surface area contributed by atoms with Crippen LogP contribution in [-0.4, -0.2) is 26.4 Å². The lowest BCUT2D eigenvalue weighted by Crippen LogP contribution is -2.23. The number of nitrogens with one attached hydrogen (secondary N) is 2. The van der Waals surface area contributed by atoms with Gasteiger partial charge in [0.15, 0.2) is 0 Å². The van der Waals surface area contributed by atoms with Crippen molar-refractivity contribution in [2.45, 2.75) is 50.5 Å². The zero-order valence-electron chi connectivity index (χ0n) is 19.8. The summed E-state index contributed by atoms with van der Waals surface area (Å²) in [5, 5.41) is 2.92. The van der Waals surface area contributed by atoms with Gasteiger partial charge >= 0.3 is 0 Å². The van der Waals surface area contributed by atoms with Crippen molar-refractivity contribution in [1.82, 2.24) is 10.3 Å². The second-order valence-electron chi connectivity index (χ2n) is 8.45. The van der Waals surface area contributed by atoms with Gasteiger partial charge in [-0.15, -0.1) is 0 Å². The van der Waals surface area contributed by atoms with Crippen LogP contribution in [0.3, 0.4) is 0 Å². The Morgan fingerprint density at radius 2 is 1.94 bits per heavy atom. The number of hydrogen-bond acceptors (Lipinski definition) is 6. The number of allylic oxidation sites excluding steroid dienone is 1. The molecule has 0 saturated heterocycles. The van der Waals surface area contributed by atoms with E-state index in [0.717, 1.165) is 19.3 Å². The first-order valence-corrected chi connectivity index (χ1v) is 13.0. The van der Waals surface area contributed by atoms with Crippen molar-refractivity contribution in [3.05, 3.63) is 71.6 Å². The minimum Gasteiger partial charge on any atom is -0.497 e. The maximum Gasteiger partial charge on any atom is 0.261 e. The molecule has 1 heterocycles. The fourth-order valence-corrected chi connectivity index (χ4v) is 4.97. The number of oxazole rings is 1. The molecular weight excluding hydrogens is 466 g/mol. The van der Waals surface area contributed by atoms with E-state index in [1.54, 1.807) is 43.3 Å². The SMILES string of the molecule is COc1ccc(S(=O)(=O)Nc2cccc(-c3nc(CNC(=O)CC4=CCCCC4)c(C)o3)c2)cc1. The van der Waals surface area contributed by atoms with Crippen molar-refractivity contribution in [3.8, 4) is 17.2 Å². The minimum absolute atomic E-state index is 0.0305. The molecule has 0 atom stereocenters. The molecule has 2 N–H and O–H groups in total. The molecule has 1 aliphatic rings. The molecule has 9 heteroatoms. The molecule has 0 spiro atoms. The maximum absolute atomic E-state index is 12.8. The highest BCUT2D eigenvalue weighted by molar-refractivity contribution is 7.92. The monoisotopic (exact) mass is 495 g/mol. The summed E-state index contributed by atoms with van der Waals surface area (Å²) in [6.45, 7) is 2.06. The average Bonchev–Trinajstić information content (AvgIpc) is 3.24. The van der Waals surface area contributed by atoms with Gasteiger partial charge in [0, 0.05) is 17.7 Å². The van der Waals surface area contributed by atoms with Gasteiger partial charge in [-0.1, -0.05) is 17.7 Å². The molecule has 2 aromatic carbocycles. The largest absolute Gasteiger partial charge is 0.497 e. The number of rotatable bonds is 9. The Morgan fingerprint density at radius 1 is 1.14 bits per heavy atom. The van der Waals surface area contributed by atoms with E-state index in [1.807, 2.05) is 0 Å². The van der Waals surface area contributed by atoms with Crippen LogP contribution in [0.5, 0.6) is 5.75 Å². The Balaban J connectivity index is 1.43. The topological polar surface area (TPSA) is 111 Å². The first kappa shape index (κ1) is 24.5. The summed E-state index contributed by atoms with van der Waals surface area (Å²) in [4.78, 5) is 17.0. The second kappa shape index (κ2) is 10.8. The fourth-order valence-electron chi connectivity index (χ4n) is 3.92. The van der Waals surface area contributed by atoms with Crippen LogP contribution < -0.4 is 14.8 Å². The maximum atomic E-state index is 12.8. The van der Waals surface area contributed by atoms with E-state index in [1.165, 1.54) is 31.2 Å². The summed E-state index contributed by atoms with van der Waals surface area (Å²) in [5.41, 5.74) is 2.83. The van der Waals surface area contributed by atoms with E-state index >= 15 is 0 Å². The van der Waals surface area contributed by atoms with Crippen LogP contribution in [0.4, 0.5) is 5.69 Å². The molecule has 35 heavy (non-hydrogen) atoms. The van der Waals surface area contributed by atoms with Crippen LogP contribution in [-0.2, 0) is 21.4 Å². The van der Waals surface area contributed by atoms with Crippen LogP contribution in [0.15, 0.2) is 69.5 Å². The van der Waals surface area contributed by atoms with Crippen molar-refractivity contribution in [1.29, 1.82) is 0 Å². The standard InChI is InChI=1S/C26H29N3O5S/c1-18-24(17-27-25(30)15-19-7-4-3-5-8-19)28-26(34-18)20-9-6-10-21(16-20)29-35(31,32)23-13-11-22(33-2)12-14-23/h6-7,9-14,16,29H,3-5,8,15,17H2,1-2H3,(H,27,30). The van der Waals surface area contributed by atoms with Gasteiger partial charge in [0.1, 0.15) is 17.2 Å². The Labute approximate surface area is 205 Å². The molecule has 0 unspecified atom stereocenters. The Hall–Kier alpha value is -3.59. The molecule has 1 aliphatic carbocycles. The first-order valence-electron chi connectivity index (χ1n) is 11.5. The van der Waals surface area contributed by atoms with Crippen LogP contribution in [0.25, 0.3) is 11.5 Å². The van der Waals surface area contributed by atoms with Gasteiger partial charge in [-0.25, -0.2) is 13.4 Å². The Morgan fingerprint density at radius 3 is 2.66 bits per heavy atom. The van der Waals surface area contributed by atoms with Gasteiger partial charge in [-0.2, -0.15) is 0 Å². The molecule has 1 aromatic heterocycles. The number of carbonyl (C=O) groups excluding carboxylic acids is 1. The predicted molar refractivity (Wildman–Crippen MR) is 133 cm³/mol. The summed E-state index contributed by atoms with van der Waals surface area (Å²) in [5.74, 6) is 1.49. The third-order valence-electron chi connectivity index (χ3n) is 5.85. The van der Waals surface area contributed by atoms with Crippen molar-refractivity contribution in [2.24, 2.45) is 0 Å². The van der Waals surface area contributed by atoms with E-state index in [9.17, 15) is 13.2 Å². The fraction of sp³-hybridized carbons (Fsp3) is 0.308. The lowest BCUT2D eigenvalue weighted by atomic mass is 9.97. The minimum atomic E-state index is -3.78. The van der Waals surface area contributed by atoms with E-state index in [2.05, 4.69) is 21.1 Å². The highest BCUT2D eigenvalue weighted by Crippen LogP contribution is 2.26. The smallest absolute Gasteiger partial charge is 0.261 e.